The number of hydrogen-bond acceptors (Lipinski definition) is 4. The zero-order valence-corrected chi connectivity index (χ0v) is 13.1. The van der Waals surface area contributed by atoms with Crippen molar-refractivity contribution in [2.75, 3.05) is 26.3 Å². The maximum Gasteiger partial charge on any atom is 0.108 e. The minimum Gasteiger partial charge on any atom is -0.393 e. The molecule has 22 heavy (non-hydrogen) atoms. The number of nitrogens with zero attached hydrogens (tertiary/aromatic N) is 2. The van der Waals surface area contributed by atoms with E-state index in [9.17, 15) is 5.11 Å². The molecule has 1 atom stereocenters. The third-order valence-electron chi connectivity index (χ3n) is 4.01. The SMILES string of the molecule is OC[C@]1(Cc2ccc(Cl)cc2)CN(Cc2ccn[nH]2)CCO1. The quantitative estimate of drug-likeness (QED) is 0.882. The second-order valence-electron chi connectivity index (χ2n) is 5.79. The van der Waals surface area contributed by atoms with Crippen LogP contribution in [-0.2, 0) is 17.7 Å². The van der Waals surface area contributed by atoms with Gasteiger partial charge in [0.2, 0.25) is 0 Å². The van der Waals surface area contributed by atoms with Crippen molar-refractivity contribution in [2.24, 2.45) is 0 Å². The Morgan fingerprint density at radius 3 is 2.82 bits per heavy atom. The van der Waals surface area contributed by atoms with Gasteiger partial charge in [0.1, 0.15) is 5.60 Å². The van der Waals surface area contributed by atoms with E-state index in [1.165, 1.54) is 0 Å². The Morgan fingerprint density at radius 2 is 2.14 bits per heavy atom. The van der Waals surface area contributed by atoms with Gasteiger partial charge in [-0.15, -0.1) is 0 Å². The van der Waals surface area contributed by atoms with Crippen LogP contribution in [0.25, 0.3) is 0 Å². The highest BCUT2D eigenvalue weighted by molar-refractivity contribution is 6.30. The highest BCUT2D eigenvalue weighted by atomic mass is 35.5. The first-order valence-electron chi connectivity index (χ1n) is 7.39. The molecule has 0 radical (unpaired) electrons. The molecule has 1 aliphatic rings. The molecule has 1 fully saturated rings. The monoisotopic (exact) mass is 321 g/mol. The fourth-order valence-corrected chi connectivity index (χ4v) is 3.03. The molecule has 0 bridgehead atoms. The molecule has 1 saturated heterocycles. The molecule has 2 heterocycles. The topological polar surface area (TPSA) is 61.4 Å². The minimum atomic E-state index is -0.563. The first kappa shape index (κ1) is 15.5. The van der Waals surface area contributed by atoms with E-state index in [4.69, 9.17) is 16.3 Å². The van der Waals surface area contributed by atoms with Crippen LogP contribution >= 0.6 is 11.6 Å². The highest BCUT2D eigenvalue weighted by Crippen LogP contribution is 2.24. The predicted molar refractivity (Wildman–Crippen MR) is 84.8 cm³/mol. The van der Waals surface area contributed by atoms with Gasteiger partial charge in [0, 0.05) is 43.0 Å². The third-order valence-corrected chi connectivity index (χ3v) is 4.26. The predicted octanol–water partition coefficient (Wildman–Crippen LogP) is 1.87. The molecule has 2 N–H and O–H groups in total. The van der Waals surface area contributed by atoms with Crippen LogP contribution in [0, 0.1) is 0 Å². The van der Waals surface area contributed by atoms with Gasteiger partial charge in [-0.25, -0.2) is 0 Å². The lowest BCUT2D eigenvalue weighted by molar-refractivity contribution is -0.134. The van der Waals surface area contributed by atoms with Gasteiger partial charge >= 0.3 is 0 Å². The highest BCUT2D eigenvalue weighted by Gasteiger charge is 2.36. The molecule has 6 heteroatoms. The molecule has 2 aromatic rings. The van der Waals surface area contributed by atoms with E-state index in [0.717, 1.165) is 24.3 Å². The molecule has 0 unspecified atom stereocenters. The van der Waals surface area contributed by atoms with Crippen LogP contribution in [0.5, 0.6) is 0 Å². The summed E-state index contributed by atoms with van der Waals surface area (Å²) in [7, 11) is 0. The van der Waals surface area contributed by atoms with E-state index in [-0.39, 0.29) is 6.61 Å². The molecule has 3 rings (SSSR count). The molecule has 0 aliphatic carbocycles. The summed E-state index contributed by atoms with van der Waals surface area (Å²) < 4.78 is 5.95. The summed E-state index contributed by atoms with van der Waals surface area (Å²) in [6.45, 7) is 2.93. The average molecular weight is 322 g/mol. The standard InChI is InChI=1S/C16H20ClN3O2/c17-14-3-1-13(2-4-14)9-16(12-21)11-20(7-8-22-16)10-15-5-6-18-19-15/h1-6,21H,7-12H2,(H,18,19)/t16-/m0/s1. The Hall–Kier alpha value is -1.40. The molecular weight excluding hydrogens is 302 g/mol. The van der Waals surface area contributed by atoms with Crippen molar-refractivity contribution < 1.29 is 9.84 Å². The molecule has 1 aliphatic heterocycles. The number of morpholine rings is 1. The molecule has 0 amide bonds. The number of H-pyrrole nitrogens is 1. The van der Waals surface area contributed by atoms with Crippen molar-refractivity contribution in [1.82, 2.24) is 15.1 Å². The van der Waals surface area contributed by atoms with Gasteiger partial charge in [-0.2, -0.15) is 5.10 Å². The molecule has 0 spiro atoms. The van der Waals surface area contributed by atoms with E-state index in [2.05, 4.69) is 15.1 Å². The van der Waals surface area contributed by atoms with Crippen molar-refractivity contribution in [3.63, 3.8) is 0 Å². The van der Waals surface area contributed by atoms with Gasteiger partial charge in [0.05, 0.1) is 13.2 Å². The Labute approximate surface area is 134 Å². The lowest BCUT2D eigenvalue weighted by Gasteiger charge is -2.41. The molecule has 118 valence electrons. The van der Waals surface area contributed by atoms with Crippen LogP contribution in [0.3, 0.4) is 0 Å². The number of benzene rings is 1. The number of ether oxygens (including phenoxy) is 1. The maximum atomic E-state index is 9.90. The van der Waals surface area contributed by atoms with Gasteiger partial charge in [0.15, 0.2) is 0 Å². The lowest BCUT2D eigenvalue weighted by atomic mass is 9.93. The van der Waals surface area contributed by atoms with Gasteiger partial charge in [-0.3, -0.25) is 10.00 Å². The van der Waals surface area contributed by atoms with E-state index in [0.29, 0.717) is 24.6 Å². The smallest absolute Gasteiger partial charge is 0.108 e. The third kappa shape index (κ3) is 3.67. The van der Waals surface area contributed by atoms with Gasteiger partial charge in [0.25, 0.3) is 0 Å². The van der Waals surface area contributed by atoms with Crippen molar-refractivity contribution in [3.8, 4) is 0 Å². The number of rotatable bonds is 5. The molecule has 1 aromatic carbocycles. The number of aliphatic hydroxyl groups excluding tert-OH is 1. The van der Waals surface area contributed by atoms with Crippen LogP contribution < -0.4 is 0 Å². The fourth-order valence-electron chi connectivity index (χ4n) is 2.90. The van der Waals surface area contributed by atoms with Crippen LogP contribution in [0.2, 0.25) is 5.02 Å². The number of aromatic amines is 1. The van der Waals surface area contributed by atoms with Crippen molar-refractivity contribution in [2.45, 2.75) is 18.6 Å². The van der Waals surface area contributed by atoms with Gasteiger partial charge in [-0.05, 0) is 23.8 Å². The number of aromatic nitrogens is 2. The molecule has 1 aromatic heterocycles. The number of hydrogen-bond donors (Lipinski definition) is 2. The zero-order valence-electron chi connectivity index (χ0n) is 12.3. The van der Waals surface area contributed by atoms with Crippen molar-refractivity contribution >= 4 is 11.6 Å². The molecule has 5 nitrogen and oxygen atoms in total. The number of halogens is 1. The largest absolute Gasteiger partial charge is 0.393 e. The van der Waals surface area contributed by atoms with E-state index < -0.39 is 5.60 Å². The lowest BCUT2D eigenvalue weighted by Crippen LogP contribution is -2.55. The summed E-state index contributed by atoms with van der Waals surface area (Å²) in [6.07, 6.45) is 2.42. The number of aliphatic hydroxyl groups is 1. The normalized spacial score (nSPS) is 22.8. The summed E-state index contributed by atoms with van der Waals surface area (Å²) in [5.41, 5.74) is 1.62. The van der Waals surface area contributed by atoms with Crippen LogP contribution in [0.4, 0.5) is 0 Å². The summed E-state index contributed by atoms with van der Waals surface area (Å²) in [5.74, 6) is 0. The second-order valence-corrected chi connectivity index (χ2v) is 6.22. The van der Waals surface area contributed by atoms with Crippen LogP contribution in [0.1, 0.15) is 11.3 Å². The van der Waals surface area contributed by atoms with Gasteiger partial charge < -0.3 is 9.84 Å². The first-order valence-corrected chi connectivity index (χ1v) is 7.77. The van der Waals surface area contributed by atoms with Crippen molar-refractivity contribution in [1.29, 1.82) is 0 Å². The zero-order chi connectivity index (χ0) is 15.4. The Kier molecular flexibility index (Phi) is 4.78. The summed E-state index contributed by atoms with van der Waals surface area (Å²) in [4.78, 5) is 2.28. The maximum absolute atomic E-state index is 9.90. The summed E-state index contributed by atoms with van der Waals surface area (Å²) >= 11 is 5.93. The summed E-state index contributed by atoms with van der Waals surface area (Å²) in [5, 5.41) is 17.6. The first-order chi connectivity index (χ1) is 10.7. The van der Waals surface area contributed by atoms with E-state index in [1.54, 1.807) is 6.20 Å². The molecular formula is C16H20ClN3O2. The number of nitrogens with one attached hydrogen (secondary N) is 1. The summed E-state index contributed by atoms with van der Waals surface area (Å²) in [6, 6.07) is 9.67. The second kappa shape index (κ2) is 6.79. The Balaban J connectivity index is 1.69. The molecule has 0 saturated carbocycles. The fraction of sp³-hybridized carbons (Fsp3) is 0.438. The van der Waals surface area contributed by atoms with Crippen LogP contribution in [0.15, 0.2) is 36.5 Å². The average Bonchev–Trinajstić information content (AvgIpc) is 3.03. The minimum absolute atomic E-state index is 0.00486. The Morgan fingerprint density at radius 1 is 1.32 bits per heavy atom. The van der Waals surface area contributed by atoms with E-state index in [1.807, 2.05) is 30.3 Å². The van der Waals surface area contributed by atoms with Crippen molar-refractivity contribution in [3.05, 3.63) is 52.8 Å². The van der Waals surface area contributed by atoms with Crippen LogP contribution in [-0.4, -0.2) is 52.1 Å². The Bertz CT molecular complexity index is 588. The van der Waals surface area contributed by atoms with Gasteiger partial charge in [-0.1, -0.05) is 23.7 Å². The van der Waals surface area contributed by atoms with E-state index >= 15 is 0 Å².